The molecule has 1 amide bonds. The molecule has 0 aliphatic heterocycles. The zero-order chi connectivity index (χ0) is 23.8. The predicted octanol–water partition coefficient (Wildman–Crippen LogP) is 4.18. The molecule has 0 fully saturated rings. The highest BCUT2D eigenvalue weighted by atomic mass is 19.1. The van der Waals surface area contributed by atoms with Crippen LogP contribution in [0.1, 0.15) is 16.1 Å². The minimum absolute atomic E-state index is 0.135. The van der Waals surface area contributed by atoms with Crippen molar-refractivity contribution in [2.75, 3.05) is 6.61 Å². The maximum absolute atomic E-state index is 13.0. The molecule has 0 spiro atoms. The number of benzene rings is 3. The standard InChI is InChI=1S/C26H22FN3O4/c27-20-8-12-23(13-9-20)34-22-10-6-19(7-11-22)18-28-26(32)24-14-15-25(31)30(29-24)16-17-33-21-4-2-1-3-5-21/h1-15H,16-18H2,(H,28,32). The highest BCUT2D eigenvalue weighted by Crippen LogP contribution is 2.21. The molecular weight excluding hydrogens is 437 g/mol. The van der Waals surface area contributed by atoms with Crippen LogP contribution in [-0.4, -0.2) is 22.3 Å². The van der Waals surface area contributed by atoms with E-state index in [1.54, 1.807) is 24.3 Å². The molecule has 0 bridgehead atoms. The van der Waals surface area contributed by atoms with Gasteiger partial charge in [-0.25, -0.2) is 9.07 Å². The Morgan fingerprint density at radius 2 is 1.53 bits per heavy atom. The van der Waals surface area contributed by atoms with Crippen molar-refractivity contribution in [3.63, 3.8) is 0 Å². The molecule has 1 heterocycles. The first-order valence-electron chi connectivity index (χ1n) is 10.6. The van der Waals surface area contributed by atoms with Crippen molar-refractivity contribution in [2.45, 2.75) is 13.1 Å². The second-order valence-corrected chi connectivity index (χ2v) is 7.32. The molecule has 7 nitrogen and oxygen atoms in total. The number of halogens is 1. The smallest absolute Gasteiger partial charge is 0.271 e. The van der Waals surface area contributed by atoms with Crippen LogP contribution in [0, 0.1) is 5.82 Å². The number of nitrogens with zero attached hydrogens (tertiary/aromatic N) is 2. The number of ether oxygens (including phenoxy) is 2. The van der Waals surface area contributed by atoms with Crippen LogP contribution in [0.3, 0.4) is 0 Å². The van der Waals surface area contributed by atoms with E-state index in [0.29, 0.717) is 17.2 Å². The van der Waals surface area contributed by atoms with Gasteiger partial charge in [0.1, 0.15) is 35.4 Å². The zero-order valence-electron chi connectivity index (χ0n) is 18.2. The molecule has 0 aliphatic carbocycles. The zero-order valence-corrected chi connectivity index (χ0v) is 18.2. The summed E-state index contributed by atoms with van der Waals surface area (Å²) in [5.74, 6) is 1.08. The second-order valence-electron chi connectivity index (χ2n) is 7.32. The van der Waals surface area contributed by atoms with Gasteiger partial charge in [-0.15, -0.1) is 0 Å². The average molecular weight is 459 g/mol. The Labute approximate surface area is 195 Å². The average Bonchev–Trinajstić information content (AvgIpc) is 2.86. The van der Waals surface area contributed by atoms with Crippen LogP contribution < -0.4 is 20.3 Å². The van der Waals surface area contributed by atoms with E-state index in [2.05, 4.69) is 10.4 Å². The molecule has 0 saturated carbocycles. The van der Waals surface area contributed by atoms with Crippen LogP contribution in [0.5, 0.6) is 17.2 Å². The summed E-state index contributed by atoms with van der Waals surface area (Å²) < 4.78 is 25.5. The van der Waals surface area contributed by atoms with E-state index in [4.69, 9.17) is 9.47 Å². The van der Waals surface area contributed by atoms with Crippen LogP contribution in [0.4, 0.5) is 4.39 Å². The SMILES string of the molecule is O=C(NCc1ccc(Oc2ccc(F)cc2)cc1)c1ccc(=O)n(CCOc2ccccc2)n1. The van der Waals surface area contributed by atoms with Crippen molar-refractivity contribution in [1.82, 2.24) is 15.1 Å². The topological polar surface area (TPSA) is 82.5 Å². The van der Waals surface area contributed by atoms with Crippen molar-refractivity contribution in [3.8, 4) is 17.2 Å². The van der Waals surface area contributed by atoms with E-state index in [0.717, 1.165) is 5.56 Å². The Bertz CT molecular complexity index is 1290. The number of aromatic nitrogens is 2. The first-order valence-corrected chi connectivity index (χ1v) is 10.6. The van der Waals surface area contributed by atoms with Crippen LogP contribution in [0.15, 0.2) is 95.8 Å². The number of amides is 1. The van der Waals surface area contributed by atoms with E-state index in [1.807, 2.05) is 42.5 Å². The summed E-state index contributed by atoms with van der Waals surface area (Å²) in [7, 11) is 0. The Morgan fingerprint density at radius 3 is 2.24 bits per heavy atom. The Morgan fingerprint density at radius 1 is 0.853 bits per heavy atom. The van der Waals surface area contributed by atoms with Crippen molar-refractivity contribution in [1.29, 1.82) is 0 Å². The van der Waals surface area contributed by atoms with Gasteiger partial charge in [-0.2, -0.15) is 5.10 Å². The molecule has 8 heteroatoms. The van der Waals surface area contributed by atoms with Gasteiger partial charge >= 0.3 is 0 Å². The number of carbonyl (C=O) groups excluding carboxylic acids is 1. The molecule has 1 aromatic heterocycles. The monoisotopic (exact) mass is 459 g/mol. The Balaban J connectivity index is 1.30. The number of rotatable bonds is 9. The van der Waals surface area contributed by atoms with Crippen molar-refractivity contribution >= 4 is 5.91 Å². The minimum atomic E-state index is -0.399. The summed E-state index contributed by atoms with van der Waals surface area (Å²) in [4.78, 5) is 24.6. The lowest BCUT2D eigenvalue weighted by molar-refractivity contribution is 0.0943. The Hall–Kier alpha value is -4.46. The summed E-state index contributed by atoms with van der Waals surface area (Å²) in [5, 5.41) is 6.94. The van der Waals surface area contributed by atoms with Gasteiger partial charge in [0, 0.05) is 12.6 Å². The van der Waals surface area contributed by atoms with Crippen molar-refractivity contribution < 1.29 is 18.7 Å². The van der Waals surface area contributed by atoms with E-state index in [9.17, 15) is 14.0 Å². The largest absolute Gasteiger partial charge is 0.492 e. The van der Waals surface area contributed by atoms with Gasteiger partial charge in [0.15, 0.2) is 0 Å². The van der Waals surface area contributed by atoms with E-state index >= 15 is 0 Å². The van der Waals surface area contributed by atoms with E-state index < -0.39 is 5.91 Å². The van der Waals surface area contributed by atoms with E-state index in [-0.39, 0.29) is 36.8 Å². The molecule has 4 rings (SSSR count). The van der Waals surface area contributed by atoms with Gasteiger partial charge in [-0.1, -0.05) is 30.3 Å². The summed E-state index contributed by atoms with van der Waals surface area (Å²) in [6.45, 7) is 0.728. The van der Waals surface area contributed by atoms with Crippen LogP contribution in [-0.2, 0) is 13.1 Å². The summed E-state index contributed by atoms with van der Waals surface area (Å²) in [5.41, 5.74) is 0.671. The molecule has 0 unspecified atom stereocenters. The number of hydrogen-bond acceptors (Lipinski definition) is 5. The van der Waals surface area contributed by atoms with Gasteiger partial charge in [0.05, 0.1) is 6.54 Å². The number of para-hydroxylation sites is 1. The Kier molecular flexibility index (Phi) is 7.29. The van der Waals surface area contributed by atoms with Crippen molar-refractivity contribution in [2.24, 2.45) is 0 Å². The highest BCUT2D eigenvalue weighted by Gasteiger charge is 2.10. The predicted molar refractivity (Wildman–Crippen MR) is 125 cm³/mol. The molecule has 172 valence electrons. The maximum atomic E-state index is 13.0. The summed E-state index contributed by atoms with van der Waals surface area (Å²) in [6, 6.07) is 24.8. The molecule has 4 aromatic rings. The fourth-order valence-corrected chi connectivity index (χ4v) is 3.08. The first kappa shape index (κ1) is 22.7. The van der Waals surface area contributed by atoms with Crippen LogP contribution >= 0.6 is 0 Å². The fraction of sp³-hybridized carbons (Fsp3) is 0.115. The van der Waals surface area contributed by atoms with Gasteiger partial charge in [0.2, 0.25) is 0 Å². The van der Waals surface area contributed by atoms with Gasteiger partial charge in [-0.3, -0.25) is 9.59 Å². The van der Waals surface area contributed by atoms with Crippen molar-refractivity contribution in [3.05, 3.63) is 118 Å². The third-order valence-corrected chi connectivity index (χ3v) is 4.84. The van der Waals surface area contributed by atoms with E-state index in [1.165, 1.54) is 28.9 Å². The van der Waals surface area contributed by atoms with Gasteiger partial charge < -0.3 is 14.8 Å². The third-order valence-electron chi connectivity index (χ3n) is 4.84. The lowest BCUT2D eigenvalue weighted by Crippen LogP contribution is -2.30. The van der Waals surface area contributed by atoms with Crippen LogP contribution in [0.25, 0.3) is 0 Å². The highest BCUT2D eigenvalue weighted by molar-refractivity contribution is 5.91. The normalized spacial score (nSPS) is 10.5. The van der Waals surface area contributed by atoms with Gasteiger partial charge in [-0.05, 0) is 60.2 Å². The molecule has 34 heavy (non-hydrogen) atoms. The lowest BCUT2D eigenvalue weighted by Gasteiger charge is -2.10. The molecule has 0 aliphatic rings. The second kappa shape index (κ2) is 10.9. The molecular formula is C26H22FN3O4. The molecule has 3 aromatic carbocycles. The van der Waals surface area contributed by atoms with Crippen LogP contribution in [0.2, 0.25) is 0 Å². The molecule has 0 saturated heterocycles. The number of hydrogen-bond donors (Lipinski definition) is 1. The maximum Gasteiger partial charge on any atom is 0.271 e. The number of carbonyl (C=O) groups is 1. The molecule has 0 atom stereocenters. The fourth-order valence-electron chi connectivity index (χ4n) is 3.08. The minimum Gasteiger partial charge on any atom is -0.492 e. The summed E-state index contributed by atoms with van der Waals surface area (Å²) in [6.07, 6.45) is 0. The summed E-state index contributed by atoms with van der Waals surface area (Å²) >= 11 is 0. The molecule has 1 N–H and O–H groups in total. The quantitative estimate of drug-likeness (QED) is 0.406. The van der Waals surface area contributed by atoms with Gasteiger partial charge in [0.25, 0.3) is 11.5 Å². The lowest BCUT2D eigenvalue weighted by atomic mass is 10.2. The third kappa shape index (κ3) is 6.29. The number of nitrogens with one attached hydrogen (secondary N) is 1. The molecule has 0 radical (unpaired) electrons. The first-order chi connectivity index (χ1) is 16.6.